The highest BCUT2D eigenvalue weighted by atomic mass is 32.2. The van der Waals surface area contributed by atoms with Crippen molar-refractivity contribution in [1.29, 1.82) is 5.26 Å². The van der Waals surface area contributed by atoms with Gasteiger partial charge in [0.15, 0.2) is 5.75 Å². The van der Waals surface area contributed by atoms with Crippen molar-refractivity contribution in [2.75, 3.05) is 5.75 Å². The molecule has 5 heteroatoms. The van der Waals surface area contributed by atoms with Gasteiger partial charge in [-0.05, 0) is 12.8 Å². The summed E-state index contributed by atoms with van der Waals surface area (Å²) in [7, 11) is -3.34. The van der Waals surface area contributed by atoms with Crippen LogP contribution in [0, 0.1) is 11.3 Å². The summed E-state index contributed by atoms with van der Waals surface area (Å²) < 4.78 is 24.9. The molecule has 74 valence electrons. The molecule has 0 bridgehead atoms. The molecule has 1 saturated carbocycles. The molecule has 0 aromatic rings. The maximum Gasteiger partial charge on any atom is 0.225 e. The molecule has 0 aromatic carbocycles. The van der Waals surface area contributed by atoms with Crippen molar-refractivity contribution in [3.8, 4) is 6.07 Å². The van der Waals surface area contributed by atoms with Crippen LogP contribution in [0.1, 0.15) is 32.1 Å². The van der Waals surface area contributed by atoms with E-state index in [1.54, 1.807) is 6.07 Å². The van der Waals surface area contributed by atoms with E-state index in [2.05, 4.69) is 4.72 Å². The van der Waals surface area contributed by atoms with Crippen LogP contribution in [0.3, 0.4) is 0 Å². The first-order chi connectivity index (χ1) is 6.14. The Morgan fingerprint density at radius 1 is 1.31 bits per heavy atom. The Hall–Kier alpha value is -0.600. The zero-order valence-electron chi connectivity index (χ0n) is 7.49. The van der Waals surface area contributed by atoms with E-state index in [0.29, 0.717) is 0 Å². The van der Waals surface area contributed by atoms with Gasteiger partial charge in [0.1, 0.15) is 0 Å². The molecular formula is C8H14N2O2S. The summed E-state index contributed by atoms with van der Waals surface area (Å²) in [4.78, 5) is 0. The van der Waals surface area contributed by atoms with E-state index in [1.807, 2.05) is 0 Å². The van der Waals surface area contributed by atoms with Gasteiger partial charge in [0.2, 0.25) is 10.0 Å². The molecule has 13 heavy (non-hydrogen) atoms. The Labute approximate surface area is 79.0 Å². The van der Waals surface area contributed by atoms with Crippen LogP contribution in [-0.4, -0.2) is 20.2 Å². The van der Waals surface area contributed by atoms with Gasteiger partial charge in [-0.3, -0.25) is 0 Å². The minimum Gasteiger partial charge on any atom is -0.211 e. The van der Waals surface area contributed by atoms with E-state index >= 15 is 0 Å². The van der Waals surface area contributed by atoms with Crippen LogP contribution in [-0.2, 0) is 10.0 Å². The van der Waals surface area contributed by atoms with Crippen molar-refractivity contribution >= 4 is 10.0 Å². The zero-order valence-corrected chi connectivity index (χ0v) is 8.31. The molecule has 0 spiro atoms. The van der Waals surface area contributed by atoms with Crippen molar-refractivity contribution in [3.63, 3.8) is 0 Å². The third-order valence-electron chi connectivity index (χ3n) is 2.21. The Balaban J connectivity index is 2.43. The van der Waals surface area contributed by atoms with E-state index in [9.17, 15) is 8.42 Å². The Kier molecular flexibility index (Phi) is 3.70. The van der Waals surface area contributed by atoms with Gasteiger partial charge in [-0.1, -0.05) is 19.3 Å². The average Bonchev–Trinajstić information content (AvgIpc) is 2.04. The molecule has 0 heterocycles. The third-order valence-corrected chi connectivity index (χ3v) is 3.41. The number of nitriles is 1. The fourth-order valence-electron chi connectivity index (χ4n) is 1.60. The second kappa shape index (κ2) is 4.58. The van der Waals surface area contributed by atoms with Gasteiger partial charge in [-0.2, -0.15) is 5.26 Å². The van der Waals surface area contributed by atoms with Crippen molar-refractivity contribution in [3.05, 3.63) is 0 Å². The monoisotopic (exact) mass is 202 g/mol. The summed E-state index contributed by atoms with van der Waals surface area (Å²) in [5, 5.41) is 8.26. The number of sulfonamides is 1. The molecule has 0 atom stereocenters. The first-order valence-electron chi connectivity index (χ1n) is 4.51. The van der Waals surface area contributed by atoms with Crippen molar-refractivity contribution in [2.24, 2.45) is 0 Å². The Bertz CT molecular complexity index is 286. The first-order valence-corrected chi connectivity index (χ1v) is 6.16. The molecular weight excluding hydrogens is 188 g/mol. The highest BCUT2D eigenvalue weighted by molar-refractivity contribution is 7.89. The number of hydrogen-bond donors (Lipinski definition) is 1. The lowest BCUT2D eigenvalue weighted by atomic mass is 9.96. The minimum atomic E-state index is -3.34. The predicted molar refractivity (Wildman–Crippen MR) is 49.4 cm³/mol. The van der Waals surface area contributed by atoms with E-state index in [0.717, 1.165) is 25.7 Å². The van der Waals surface area contributed by atoms with Gasteiger partial charge >= 0.3 is 0 Å². The van der Waals surface area contributed by atoms with Gasteiger partial charge in [-0.25, -0.2) is 13.1 Å². The van der Waals surface area contributed by atoms with Crippen molar-refractivity contribution in [1.82, 2.24) is 4.72 Å². The van der Waals surface area contributed by atoms with Gasteiger partial charge < -0.3 is 0 Å². The molecule has 0 radical (unpaired) electrons. The molecule has 1 aliphatic carbocycles. The fourth-order valence-corrected chi connectivity index (χ4v) is 2.60. The summed E-state index contributed by atoms with van der Waals surface area (Å²) >= 11 is 0. The number of nitrogens with zero attached hydrogens (tertiary/aromatic N) is 1. The average molecular weight is 202 g/mol. The molecule has 1 fully saturated rings. The summed E-state index contributed by atoms with van der Waals surface area (Å²) in [5.74, 6) is -0.427. The number of hydrogen-bond acceptors (Lipinski definition) is 3. The van der Waals surface area contributed by atoms with E-state index in [1.165, 1.54) is 6.42 Å². The zero-order chi connectivity index (χ0) is 9.73. The Morgan fingerprint density at radius 2 is 1.92 bits per heavy atom. The lowest BCUT2D eigenvalue weighted by Gasteiger charge is -2.21. The minimum absolute atomic E-state index is 0.0621. The van der Waals surface area contributed by atoms with Gasteiger partial charge in [-0.15, -0.1) is 0 Å². The quantitative estimate of drug-likeness (QED) is 0.734. The SMILES string of the molecule is N#CCS(=O)(=O)NC1CCCCC1. The molecule has 0 aliphatic heterocycles. The Morgan fingerprint density at radius 3 is 2.46 bits per heavy atom. The van der Waals surface area contributed by atoms with Crippen LogP contribution in [0.25, 0.3) is 0 Å². The molecule has 4 nitrogen and oxygen atoms in total. The van der Waals surface area contributed by atoms with Crippen LogP contribution in [0.15, 0.2) is 0 Å². The smallest absolute Gasteiger partial charge is 0.211 e. The third kappa shape index (κ3) is 3.75. The standard InChI is InChI=1S/C8H14N2O2S/c9-6-7-13(11,12)10-8-4-2-1-3-5-8/h8,10H,1-5,7H2. The van der Waals surface area contributed by atoms with E-state index in [4.69, 9.17) is 5.26 Å². The van der Waals surface area contributed by atoms with Crippen molar-refractivity contribution < 1.29 is 8.42 Å². The van der Waals surface area contributed by atoms with Crippen molar-refractivity contribution in [2.45, 2.75) is 38.1 Å². The summed E-state index contributed by atoms with van der Waals surface area (Å²) in [6.07, 6.45) is 5.17. The summed E-state index contributed by atoms with van der Waals surface area (Å²) in [5.41, 5.74) is 0. The van der Waals surface area contributed by atoms with Crippen LogP contribution in [0.2, 0.25) is 0 Å². The summed E-state index contributed by atoms with van der Waals surface area (Å²) in [6.45, 7) is 0. The second-order valence-corrected chi connectivity index (χ2v) is 5.12. The molecule has 1 N–H and O–H groups in total. The lowest BCUT2D eigenvalue weighted by molar-refractivity contribution is 0.412. The number of nitrogens with one attached hydrogen (secondary N) is 1. The largest absolute Gasteiger partial charge is 0.225 e. The van der Waals surface area contributed by atoms with E-state index < -0.39 is 15.8 Å². The predicted octanol–water partition coefficient (Wildman–Crippen LogP) is 0.762. The molecule has 1 rings (SSSR count). The molecule has 0 saturated heterocycles. The van der Waals surface area contributed by atoms with Crippen LogP contribution in [0.5, 0.6) is 0 Å². The lowest BCUT2D eigenvalue weighted by Crippen LogP contribution is -2.37. The topological polar surface area (TPSA) is 70.0 Å². The normalized spacial score (nSPS) is 19.6. The van der Waals surface area contributed by atoms with Gasteiger partial charge in [0.25, 0.3) is 0 Å². The molecule has 1 aliphatic rings. The maximum atomic E-state index is 11.2. The van der Waals surface area contributed by atoms with Gasteiger partial charge in [0.05, 0.1) is 6.07 Å². The highest BCUT2D eigenvalue weighted by Gasteiger charge is 2.19. The van der Waals surface area contributed by atoms with Crippen LogP contribution < -0.4 is 4.72 Å². The van der Waals surface area contributed by atoms with Crippen LogP contribution >= 0.6 is 0 Å². The first kappa shape index (κ1) is 10.5. The molecule has 0 aromatic heterocycles. The fraction of sp³-hybridized carbons (Fsp3) is 0.875. The second-order valence-electron chi connectivity index (χ2n) is 3.37. The molecule has 0 unspecified atom stereocenters. The molecule has 0 amide bonds. The number of rotatable bonds is 3. The summed E-state index contributed by atoms with van der Waals surface area (Å²) in [6, 6.07) is 1.71. The van der Waals surface area contributed by atoms with Gasteiger partial charge in [0, 0.05) is 6.04 Å². The van der Waals surface area contributed by atoms with E-state index in [-0.39, 0.29) is 6.04 Å². The van der Waals surface area contributed by atoms with Crippen LogP contribution in [0.4, 0.5) is 0 Å². The maximum absolute atomic E-state index is 11.2. The highest BCUT2D eigenvalue weighted by Crippen LogP contribution is 2.17.